The van der Waals surface area contributed by atoms with Crippen molar-refractivity contribution in [3.8, 4) is 0 Å². The zero-order chi connectivity index (χ0) is 17.9. The lowest BCUT2D eigenvalue weighted by molar-refractivity contribution is -0.387. The normalized spacial score (nSPS) is 15.0. The number of piperazine rings is 1. The van der Waals surface area contributed by atoms with Crippen LogP contribution in [0.2, 0.25) is 0 Å². The fourth-order valence-electron chi connectivity index (χ4n) is 2.45. The van der Waals surface area contributed by atoms with Gasteiger partial charge < -0.3 is 10.2 Å². The van der Waals surface area contributed by atoms with E-state index in [1.165, 1.54) is 30.6 Å². The second-order valence-corrected chi connectivity index (χ2v) is 6.99. The molecule has 1 aromatic heterocycles. The summed E-state index contributed by atoms with van der Waals surface area (Å²) < 4.78 is 27.1. The molecule has 2 N–H and O–H groups in total. The van der Waals surface area contributed by atoms with Crippen molar-refractivity contribution in [2.75, 3.05) is 35.8 Å². The van der Waals surface area contributed by atoms with Gasteiger partial charge in [-0.1, -0.05) is 12.1 Å². The minimum atomic E-state index is -4.12. The maximum absolute atomic E-state index is 12.4. The smallest absolute Gasteiger partial charge is 0.289 e. The van der Waals surface area contributed by atoms with Crippen LogP contribution in [0, 0.1) is 10.1 Å². The number of aromatic nitrogens is 2. The third kappa shape index (κ3) is 3.83. The van der Waals surface area contributed by atoms with E-state index in [4.69, 9.17) is 0 Å². The summed E-state index contributed by atoms with van der Waals surface area (Å²) in [6.07, 6.45) is 2.69. The van der Waals surface area contributed by atoms with Gasteiger partial charge in [0.1, 0.15) is 0 Å². The van der Waals surface area contributed by atoms with Crippen LogP contribution in [0.3, 0.4) is 0 Å². The second kappa shape index (κ2) is 6.99. The first kappa shape index (κ1) is 17.0. The monoisotopic (exact) mass is 364 g/mol. The van der Waals surface area contributed by atoms with Crippen LogP contribution in [0.5, 0.6) is 0 Å². The van der Waals surface area contributed by atoms with E-state index in [2.05, 4.69) is 20.0 Å². The van der Waals surface area contributed by atoms with Crippen LogP contribution in [0.4, 0.5) is 17.3 Å². The Balaban J connectivity index is 1.80. The number of nitro groups is 1. The molecule has 0 spiro atoms. The summed E-state index contributed by atoms with van der Waals surface area (Å²) in [6.45, 7) is 3.19. The molecular weight excluding hydrogens is 348 g/mol. The number of hydrogen-bond acceptors (Lipinski definition) is 8. The first-order valence-corrected chi connectivity index (χ1v) is 8.99. The maximum atomic E-state index is 12.4. The summed E-state index contributed by atoms with van der Waals surface area (Å²) >= 11 is 0. The van der Waals surface area contributed by atoms with Crippen LogP contribution in [0.25, 0.3) is 0 Å². The Morgan fingerprint density at radius 3 is 2.44 bits per heavy atom. The second-order valence-electron chi connectivity index (χ2n) is 5.34. The Hall–Kier alpha value is -2.79. The van der Waals surface area contributed by atoms with E-state index in [-0.39, 0.29) is 5.69 Å². The van der Waals surface area contributed by atoms with Crippen molar-refractivity contribution in [3.05, 3.63) is 46.8 Å². The molecule has 0 aliphatic carbocycles. The highest BCUT2D eigenvalue weighted by molar-refractivity contribution is 7.92. The van der Waals surface area contributed by atoms with Crippen LogP contribution < -0.4 is 14.9 Å². The number of sulfonamides is 1. The molecule has 0 radical (unpaired) electrons. The Bertz CT molecular complexity index is 865. The number of nitrogens with one attached hydrogen (secondary N) is 2. The summed E-state index contributed by atoms with van der Waals surface area (Å²) in [5.41, 5.74) is -0.356. The predicted octanol–water partition coefficient (Wildman–Crippen LogP) is 0.595. The lowest BCUT2D eigenvalue weighted by Crippen LogP contribution is -2.44. The van der Waals surface area contributed by atoms with Crippen molar-refractivity contribution in [2.24, 2.45) is 0 Å². The van der Waals surface area contributed by atoms with Gasteiger partial charge in [0.25, 0.3) is 15.7 Å². The van der Waals surface area contributed by atoms with Gasteiger partial charge in [-0.05, 0) is 6.07 Å². The molecule has 3 rings (SSSR count). The van der Waals surface area contributed by atoms with Gasteiger partial charge in [-0.2, -0.15) is 0 Å². The van der Waals surface area contributed by atoms with Gasteiger partial charge in [-0.15, -0.1) is 0 Å². The molecule has 1 saturated heterocycles. The van der Waals surface area contributed by atoms with Crippen molar-refractivity contribution in [3.63, 3.8) is 0 Å². The van der Waals surface area contributed by atoms with Crippen molar-refractivity contribution in [2.45, 2.75) is 4.90 Å². The SMILES string of the molecule is O=[N+]([O-])c1ccccc1S(=O)(=O)Nc1cnc(N2CCNCC2)nc1. The van der Waals surface area contributed by atoms with Gasteiger partial charge in [-0.25, -0.2) is 18.4 Å². The third-order valence-corrected chi connectivity index (χ3v) is 5.07. The van der Waals surface area contributed by atoms with Crippen LogP contribution in [0.1, 0.15) is 0 Å². The molecule has 2 heterocycles. The molecule has 0 amide bonds. The quantitative estimate of drug-likeness (QED) is 0.582. The van der Waals surface area contributed by atoms with Crippen molar-refractivity contribution in [1.82, 2.24) is 15.3 Å². The Kier molecular flexibility index (Phi) is 4.76. The zero-order valence-corrected chi connectivity index (χ0v) is 13.9. The van der Waals surface area contributed by atoms with E-state index in [9.17, 15) is 18.5 Å². The Labute approximate surface area is 144 Å². The first-order chi connectivity index (χ1) is 12.0. The fraction of sp³-hybridized carbons (Fsp3) is 0.286. The van der Waals surface area contributed by atoms with E-state index < -0.39 is 25.5 Å². The molecule has 0 atom stereocenters. The summed E-state index contributed by atoms with van der Waals surface area (Å²) in [5.74, 6) is 0.509. The number of para-hydroxylation sites is 1. The summed E-state index contributed by atoms with van der Waals surface area (Å²) in [7, 11) is -4.12. The summed E-state index contributed by atoms with van der Waals surface area (Å²) in [6, 6.07) is 5.14. The van der Waals surface area contributed by atoms with Crippen LogP contribution >= 0.6 is 0 Å². The highest BCUT2D eigenvalue weighted by atomic mass is 32.2. The summed E-state index contributed by atoms with van der Waals surface area (Å²) in [5, 5.41) is 14.2. The molecule has 1 aromatic carbocycles. The van der Waals surface area contributed by atoms with Gasteiger partial charge in [0.05, 0.1) is 23.0 Å². The molecule has 1 aliphatic heterocycles. The topological polar surface area (TPSA) is 130 Å². The fourth-order valence-corrected chi connectivity index (χ4v) is 3.65. The molecule has 11 heteroatoms. The summed E-state index contributed by atoms with van der Waals surface area (Å²) in [4.78, 5) is 20.2. The lowest BCUT2D eigenvalue weighted by Gasteiger charge is -2.27. The highest BCUT2D eigenvalue weighted by Gasteiger charge is 2.25. The van der Waals surface area contributed by atoms with Gasteiger partial charge in [0.2, 0.25) is 5.95 Å². The van der Waals surface area contributed by atoms with Crippen LogP contribution in [-0.4, -0.2) is 49.5 Å². The number of hydrogen-bond donors (Lipinski definition) is 2. The van der Waals surface area contributed by atoms with Gasteiger partial charge in [0, 0.05) is 32.2 Å². The van der Waals surface area contributed by atoms with Crippen molar-refractivity contribution in [1.29, 1.82) is 0 Å². The van der Waals surface area contributed by atoms with E-state index in [1.54, 1.807) is 0 Å². The molecule has 0 bridgehead atoms. The Morgan fingerprint density at radius 1 is 1.16 bits per heavy atom. The van der Waals surface area contributed by atoms with Gasteiger partial charge in [-0.3, -0.25) is 14.8 Å². The number of benzene rings is 1. The maximum Gasteiger partial charge on any atom is 0.289 e. The van der Waals surface area contributed by atoms with E-state index in [0.29, 0.717) is 5.95 Å². The molecular formula is C14H16N6O4S. The number of anilines is 2. The van der Waals surface area contributed by atoms with Crippen LogP contribution in [0.15, 0.2) is 41.6 Å². The molecule has 0 unspecified atom stereocenters. The van der Waals surface area contributed by atoms with E-state index in [1.807, 2.05) is 4.90 Å². The Morgan fingerprint density at radius 2 is 1.80 bits per heavy atom. The largest absolute Gasteiger partial charge is 0.338 e. The van der Waals surface area contributed by atoms with E-state index in [0.717, 1.165) is 32.2 Å². The van der Waals surface area contributed by atoms with Crippen LogP contribution in [-0.2, 0) is 10.0 Å². The van der Waals surface area contributed by atoms with Crippen molar-refractivity contribution < 1.29 is 13.3 Å². The molecule has 25 heavy (non-hydrogen) atoms. The molecule has 132 valence electrons. The van der Waals surface area contributed by atoms with Gasteiger partial charge >= 0.3 is 0 Å². The predicted molar refractivity (Wildman–Crippen MR) is 91.0 cm³/mol. The molecule has 10 nitrogen and oxygen atoms in total. The minimum Gasteiger partial charge on any atom is -0.338 e. The first-order valence-electron chi connectivity index (χ1n) is 7.51. The number of nitrogens with zero attached hydrogens (tertiary/aromatic N) is 4. The zero-order valence-electron chi connectivity index (χ0n) is 13.1. The molecule has 1 aliphatic rings. The lowest BCUT2D eigenvalue weighted by atomic mass is 10.3. The minimum absolute atomic E-state index is 0.136. The molecule has 2 aromatic rings. The highest BCUT2D eigenvalue weighted by Crippen LogP contribution is 2.25. The number of rotatable bonds is 5. The third-order valence-electron chi connectivity index (χ3n) is 3.64. The standard InChI is InChI=1S/C14H16N6O4S/c21-20(22)12-3-1-2-4-13(12)25(23,24)18-11-9-16-14(17-10-11)19-7-5-15-6-8-19/h1-4,9-10,15,18H,5-8H2. The van der Waals surface area contributed by atoms with Gasteiger partial charge in [0.15, 0.2) is 4.90 Å². The van der Waals surface area contributed by atoms with Crippen molar-refractivity contribution >= 4 is 27.3 Å². The average Bonchev–Trinajstić information content (AvgIpc) is 2.63. The molecule has 1 fully saturated rings. The van der Waals surface area contributed by atoms with E-state index >= 15 is 0 Å². The number of nitro benzene ring substituents is 1. The molecule has 0 saturated carbocycles. The average molecular weight is 364 g/mol.